The topological polar surface area (TPSA) is 77.5 Å². The maximum Gasteiger partial charge on any atom is 0.320 e. The van der Waals surface area contributed by atoms with Crippen LogP contribution in [0.5, 0.6) is 5.75 Å². The molecular weight excluding hydrogens is 232 g/mol. The zero-order valence-corrected chi connectivity index (χ0v) is 10.4. The van der Waals surface area contributed by atoms with Crippen molar-refractivity contribution in [2.75, 3.05) is 7.11 Å². The van der Waals surface area contributed by atoms with Crippen molar-refractivity contribution in [2.45, 2.75) is 12.5 Å². The number of aromatic nitrogens is 1. The first-order chi connectivity index (χ1) is 8.54. The summed E-state index contributed by atoms with van der Waals surface area (Å²) in [7, 11) is 3.50. The Bertz CT molecular complexity index is 589. The summed E-state index contributed by atoms with van der Waals surface area (Å²) in [5.41, 5.74) is 7.40. The molecule has 1 heterocycles. The van der Waals surface area contributed by atoms with E-state index in [4.69, 9.17) is 15.6 Å². The molecule has 2 aromatic rings. The summed E-state index contributed by atoms with van der Waals surface area (Å²) >= 11 is 0. The van der Waals surface area contributed by atoms with Crippen LogP contribution in [0, 0.1) is 0 Å². The number of aryl methyl sites for hydroxylation is 1. The van der Waals surface area contributed by atoms with Gasteiger partial charge in [0.1, 0.15) is 11.8 Å². The molecule has 1 atom stereocenters. The smallest absolute Gasteiger partial charge is 0.320 e. The zero-order valence-electron chi connectivity index (χ0n) is 10.4. The van der Waals surface area contributed by atoms with Crippen molar-refractivity contribution in [3.8, 4) is 5.75 Å². The molecule has 96 valence electrons. The summed E-state index contributed by atoms with van der Waals surface area (Å²) in [5, 5.41) is 9.87. The largest absolute Gasteiger partial charge is 0.495 e. The van der Waals surface area contributed by atoms with E-state index in [9.17, 15) is 4.79 Å². The summed E-state index contributed by atoms with van der Waals surface area (Å²) < 4.78 is 7.23. The summed E-state index contributed by atoms with van der Waals surface area (Å²) in [5.74, 6) is -0.225. The van der Waals surface area contributed by atoms with Crippen LogP contribution in [0.2, 0.25) is 0 Å². The lowest BCUT2D eigenvalue weighted by Crippen LogP contribution is -2.32. The molecule has 3 N–H and O–H groups in total. The van der Waals surface area contributed by atoms with E-state index >= 15 is 0 Å². The molecule has 0 fully saturated rings. The molecule has 0 radical (unpaired) electrons. The summed E-state index contributed by atoms with van der Waals surface area (Å²) in [6, 6.07) is 6.80. The van der Waals surface area contributed by atoms with Crippen LogP contribution in [0.25, 0.3) is 10.9 Å². The Morgan fingerprint density at radius 3 is 2.89 bits per heavy atom. The van der Waals surface area contributed by atoms with Crippen molar-refractivity contribution in [2.24, 2.45) is 12.8 Å². The molecule has 5 heteroatoms. The molecule has 0 spiro atoms. The number of para-hydroxylation sites is 1. The highest BCUT2D eigenvalue weighted by atomic mass is 16.5. The molecular formula is C13H16N2O3. The van der Waals surface area contributed by atoms with Gasteiger partial charge in [-0.25, -0.2) is 0 Å². The van der Waals surface area contributed by atoms with Crippen LogP contribution in [0.15, 0.2) is 24.3 Å². The van der Waals surface area contributed by atoms with Crippen LogP contribution in [0.3, 0.4) is 0 Å². The number of carboxylic acids is 1. The van der Waals surface area contributed by atoms with Crippen LogP contribution < -0.4 is 10.5 Å². The standard InChI is InChI=1S/C13H16N2O3/c1-15-9(7-10(14)13(16)17)6-8-4-3-5-11(18-2)12(8)15/h3-6,10H,7,14H2,1-2H3,(H,16,17). The van der Waals surface area contributed by atoms with Gasteiger partial charge in [0, 0.05) is 24.5 Å². The molecule has 0 bridgehead atoms. The molecule has 5 nitrogen and oxygen atoms in total. The van der Waals surface area contributed by atoms with Crippen molar-refractivity contribution in [1.29, 1.82) is 0 Å². The van der Waals surface area contributed by atoms with Gasteiger partial charge in [-0.15, -0.1) is 0 Å². The fourth-order valence-corrected chi connectivity index (χ4v) is 2.11. The number of aliphatic carboxylic acids is 1. The number of hydrogen-bond acceptors (Lipinski definition) is 3. The molecule has 0 saturated carbocycles. The minimum Gasteiger partial charge on any atom is -0.495 e. The number of fused-ring (bicyclic) bond motifs is 1. The molecule has 0 amide bonds. The number of rotatable bonds is 4. The third-order valence-electron chi connectivity index (χ3n) is 3.08. The number of carboxylic acid groups (broad SMARTS) is 1. The first-order valence-corrected chi connectivity index (χ1v) is 5.64. The molecule has 1 aromatic heterocycles. The van der Waals surface area contributed by atoms with Crippen molar-refractivity contribution in [1.82, 2.24) is 4.57 Å². The first-order valence-electron chi connectivity index (χ1n) is 5.64. The van der Waals surface area contributed by atoms with E-state index in [1.54, 1.807) is 7.11 Å². The van der Waals surface area contributed by atoms with Gasteiger partial charge < -0.3 is 20.1 Å². The lowest BCUT2D eigenvalue weighted by Gasteiger charge is -2.09. The van der Waals surface area contributed by atoms with Crippen LogP contribution in [-0.4, -0.2) is 28.8 Å². The van der Waals surface area contributed by atoms with Crippen molar-refractivity contribution in [3.05, 3.63) is 30.0 Å². The molecule has 0 aliphatic carbocycles. The number of methoxy groups -OCH3 is 1. The maximum atomic E-state index is 10.8. The predicted octanol–water partition coefficient (Wildman–Crippen LogP) is 1.14. The fourth-order valence-electron chi connectivity index (χ4n) is 2.11. The van der Waals surface area contributed by atoms with E-state index in [1.807, 2.05) is 35.9 Å². The Balaban J connectivity index is 2.48. The van der Waals surface area contributed by atoms with Gasteiger partial charge in [0.15, 0.2) is 0 Å². The minimum atomic E-state index is -0.993. The minimum absolute atomic E-state index is 0.295. The van der Waals surface area contributed by atoms with Crippen molar-refractivity contribution >= 4 is 16.9 Å². The Morgan fingerprint density at radius 2 is 2.28 bits per heavy atom. The number of carbonyl (C=O) groups is 1. The second-order valence-electron chi connectivity index (χ2n) is 4.24. The van der Waals surface area contributed by atoms with Gasteiger partial charge in [-0.3, -0.25) is 4.79 Å². The Hall–Kier alpha value is -2.01. The second kappa shape index (κ2) is 4.70. The Labute approximate surface area is 105 Å². The van der Waals surface area contributed by atoms with Crippen LogP contribution in [0.1, 0.15) is 5.69 Å². The van der Waals surface area contributed by atoms with E-state index in [0.717, 1.165) is 22.3 Å². The van der Waals surface area contributed by atoms with E-state index in [1.165, 1.54) is 0 Å². The average Bonchev–Trinajstić information content (AvgIpc) is 2.66. The van der Waals surface area contributed by atoms with Crippen molar-refractivity contribution < 1.29 is 14.6 Å². The maximum absolute atomic E-state index is 10.8. The summed E-state index contributed by atoms with van der Waals surface area (Å²) in [6.07, 6.45) is 0.295. The molecule has 0 saturated heterocycles. The molecule has 1 aromatic carbocycles. The highest BCUT2D eigenvalue weighted by molar-refractivity contribution is 5.87. The summed E-state index contributed by atoms with van der Waals surface area (Å²) in [6.45, 7) is 0. The molecule has 0 aliphatic rings. The van der Waals surface area contributed by atoms with Gasteiger partial charge in [0.2, 0.25) is 0 Å². The normalized spacial score (nSPS) is 12.6. The van der Waals surface area contributed by atoms with Crippen LogP contribution in [0.4, 0.5) is 0 Å². The lowest BCUT2D eigenvalue weighted by atomic mass is 10.1. The second-order valence-corrected chi connectivity index (χ2v) is 4.24. The summed E-state index contributed by atoms with van der Waals surface area (Å²) in [4.78, 5) is 10.8. The SMILES string of the molecule is COc1cccc2cc(CC(N)C(=O)O)n(C)c12. The highest BCUT2D eigenvalue weighted by Gasteiger charge is 2.16. The van der Waals surface area contributed by atoms with E-state index in [0.29, 0.717) is 6.42 Å². The third-order valence-corrected chi connectivity index (χ3v) is 3.08. The highest BCUT2D eigenvalue weighted by Crippen LogP contribution is 2.28. The van der Waals surface area contributed by atoms with Gasteiger partial charge in [-0.2, -0.15) is 0 Å². The van der Waals surface area contributed by atoms with E-state index in [-0.39, 0.29) is 0 Å². The van der Waals surface area contributed by atoms with Gasteiger partial charge >= 0.3 is 5.97 Å². The number of nitrogens with zero attached hydrogens (tertiary/aromatic N) is 1. The molecule has 1 unspecified atom stereocenters. The predicted molar refractivity (Wildman–Crippen MR) is 68.8 cm³/mol. The molecule has 0 aliphatic heterocycles. The van der Waals surface area contributed by atoms with Crippen LogP contribution >= 0.6 is 0 Å². The van der Waals surface area contributed by atoms with Crippen LogP contribution in [-0.2, 0) is 18.3 Å². The number of hydrogen-bond donors (Lipinski definition) is 2. The van der Waals surface area contributed by atoms with Gasteiger partial charge in [0.25, 0.3) is 0 Å². The molecule has 2 rings (SSSR count). The van der Waals surface area contributed by atoms with Gasteiger partial charge in [0.05, 0.1) is 12.6 Å². The monoisotopic (exact) mass is 248 g/mol. The fraction of sp³-hybridized carbons (Fsp3) is 0.308. The average molecular weight is 248 g/mol. The van der Waals surface area contributed by atoms with Gasteiger partial charge in [-0.05, 0) is 12.1 Å². The quantitative estimate of drug-likeness (QED) is 0.850. The molecule has 18 heavy (non-hydrogen) atoms. The third kappa shape index (κ3) is 2.04. The van der Waals surface area contributed by atoms with E-state index < -0.39 is 12.0 Å². The first kappa shape index (κ1) is 12.4. The van der Waals surface area contributed by atoms with E-state index in [2.05, 4.69) is 0 Å². The van der Waals surface area contributed by atoms with Crippen molar-refractivity contribution in [3.63, 3.8) is 0 Å². The number of nitrogens with two attached hydrogens (primary N) is 1. The Kier molecular flexibility index (Phi) is 3.25. The van der Waals surface area contributed by atoms with Gasteiger partial charge in [-0.1, -0.05) is 12.1 Å². The number of ether oxygens (including phenoxy) is 1. The lowest BCUT2D eigenvalue weighted by molar-refractivity contribution is -0.138. The number of benzene rings is 1. The Morgan fingerprint density at radius 1 is 1.56 bits per heavy atom. The zero-order chi connectivity index (χ0) is 13.3.